The molecule has 0 radical (unpaired) electrons. The molecule has 5 rings (SSSR count). The number of fused-ring (bicyclic) bond motifs is 5. The molecular formula is C26H36N6O6S. The molecule has 12 nitrogen and oxygen atoms in total. The molecule has 0 aliphatic carbocycles. The van der Waals surface area contributed by atoms with Crippen LogP contribution in [0.1, 0.15) is 41.9 Å². The van der Waals surface area contributed by atoms with E-state index in [0.29, 0.717) is 56.7 Å². The van der Waals surface area contributed by atoms with Crippen LogP contribution in [0.2, 0.25) is 0 Å². The number of nitrogens with zero attached hydrogens (tertiary/aromatic N) is 3. The van der Waals surface area contributed by atoms with Crippen LogP contribution in [0.3, 0.4) is 0 Å². The largest absolute Gasteiger partial charge is 0.493 e. The smallest absolute Gasteiger partial charge is 0.255 e. The molecule has 2 amide bonds. The van der Waals surface area contributed by atoms with Crippen molar-refractivity contribution in [2.24, 2.45) is 7.05 Å². The van der Waals surface area contributed by atoms with E-state index in [1.807, 2.05) is 28.8 Å². The molecule has 3 aliphatic rings. The van der Waals surface area contributed by atoms with E-state index in [-0.39, 0.29) is 30.5 Å². The van der Waals surface area contributed by atoms with Gasteiger partial charge in [-0.2, -0.15) is 0 Å². The Hall–Kier alpha value is -3.00. The summed E-state index contributed by atoms with van der Waals surface area (Å²) in [5.74, 6) is 0.855. The second kappa shape index (κ2) is 11.6. The van der Waals surface area contributed by atoms with Crippen LogP contribution >= 0.6 is 0 Å². The maximum atomic E-state index is 13.5. The number of nitrogens with one attached hydrogen (secondary N) is 3. The first-order chi connectivity index (χ1) is 18.7. The number of likely N-dealkylation sites (tertiary alicyclic amines) is 1. The molecule has 1 aromatic heterocycles. The molecule has 2 saturated heterocycles. The number of aromatic nitrogens is 2. The first kappa shape index (κ1) is 27.6. The van der Waals surface area contributed by atoms with Crippen molar-refractivity contribution in [3.8, 4) is 5.75 Å². The van der Waals surface area contributed by atoms with E-state index in [9.17, 15) is 18.0 Å². The van der Waals surface area contributed by atoms with E-state index in [1.54, 1.807) is 24.4 Å². The molecule has 39 heavy (non-hydrogen) atoms. The highest BCUT2D eigenvalue weighted by Gasteiger charge is 2.40. The number of sulfonamides is 1. The topological polar surface area (TPSA) is 144 Å². The fourth-order valence-electron chi connectivity index (χ4n) is 5.62. The lowest BCUT2D eigenvalue weighted by Gasteiger charge is -2.37. The highest BCUT2D eigenvalue weighted by Crippen LogP contribution is 2.26. The minimum Gasteiger partial charge on any atom is -0.493 e. The van der Waals surface area contributed by atoms with Gasteiger partial charge >= 0.3 is 0 Å². The first-order valence-corrected chi connectivity index (χ1v) is 15.2. The highest BCUT2D eigenvalue weighted by molar-refractivity contribution is 7.88. The number of amides is 2. The van der Waals surface area contributed by atoms with Gasteiger partial charge in [0.1, 0.15) is 11.6 Å². The zero-order chi connectivity index (χ0) is 27.6. The number of rotatable bonds is 4. The number of carbonyl (C=O) groups excluding carboxylic acids is 2. The van der Waals surface area contributed by atoms with E-state index in [1.165, 1.54) is 0 Å². The summed E-state index contributed by atoms with van der Waals surface area (Å²) in [5, 5.41) is 6.10. The van der Waals surface area contributed by atoms with Gasteiger partial charge in [-0.3, -0.25) is 14.5 Å². The van der Waals surface area contributed by atoms with Crippen LogP contribution in [0.25, 0.3) is 0 Å². The monoisotopic (exact) mass is 560 g/mol. The van der Waals surface area contributed by atoms with Crippen molar-refractivity contribution < 1.29 is 27.5 Å². The van der Waals surface area contributed by atoms with Crippen molar-refractivity contribution in [3.05, 3.63) is 48.0 Å². The summed E-state index contributed by atoms with van der Waals surface area (Å²) in [4.78, 5) is 33.2. The van der Waals surface area contributed by atoms with Gasteiger partial charge in [0.05, 0.1) is 43.2 Å². The van der Waals surface area contributed by atoms with Crippen molar-refractivity contribution in [2.45, 2.75) is 62.6 Å². The predicted octanol–water partition coefficient (Wildman–Crippen LogP) is 0.157. The highest BCUT2D eigenvalue weighted by atomic mass is 32.2. The molecule has 2 fully saturated rings. The Bertz CT molecular complexity index is 1300. The average Bonchev–Trinajstić information content (AvgIpc) is 3.48. The minimum atomic E-state index is -3.46. The quantitative estimate of drug-likeness (QED) is 0.480. The van der Waals surface area contributed by atoms with Crippen LogP contribution in [0.5, 0.6) is 5.75 Å². The Balaban J connectivity index is 1.41. The number of aryl methyl sites for hydroxylation is 1. The second-order valence-electron chi connectivity index (χ2n) is 10.6. The Morgan fingerprint density at radius 1 is 1.18 bits per heavy atom. The van der Waals surface area contributed by atoms with Crippen LogP contribution in [-0.2, 0) is 33.1 Å². The van der Waals surface area contributed by atoms with E-state index in [0.717, 1.165) is 12.1 Å². The lowest BCUT2D eigenvalue weighted by Crippen LogP contribution is -2.55. The molecular weight excluding hydrogens is 524 g/mol. The van der Waals surface area contributed by atoms with Gasteiger partial charge in [0, 0.05) is 51.0 Å². The minimum absolute atomic E-state index is 0.163. The normalized spacial score (nSPS) is 28.7. The van der Waals surface area contributed by atoms with Gasteiger partial charge in [0.25, 0.3) is 5.91 Å². The average molecular weight is 561 g/mol. The summed E-state index contributed by atoms with van der Waals surface area (Å²) in [6.45, 7) is 1.41. The number of benzene rings is 1. The molecule has 0 unspecified atom stereocenters. The zero-order valence-electron chi connectivity index (χ0n) is 22.2. The van der Waals surface area contributed by atoms with Crippen LogP contribution in [-0.4, -0.2) is 91.0 Å². The van der Waals surface area contributed by atoms with E-state index in [2.05, 4.69) is 20.3 Å². The molecule has 4 bridgehead atoms. The summed E-state index contributed by atoms with van der Waals surface area (Å²) >= 11 is 0. The fourth-order valence-corrected chi connectivity index (χ4v) is 6.44. The maximum absolute atomic E-state index is 13.5. The van der Waals surface area contributed by atoms with Gasteiger partial charge < -0.3 is 24.7 Å². The number of ether oxygens (including phenoxy) is 2. The molecule has 5 atom stereocenters. The lowest BCUT2D eigenvalue weighted by atomic mass is 9.97. The Labute approximate surface area is 228 Å². The maximum Gasteiger partial charge on any atom is 0.255 e. The standard InChI is InChI=1S/C26H36N6O6S/c1-31-11-10-27-24(31)16-32-15-17-13-21(32)26(34)28-14-23-20(30-39(2,35)36)8-7-18(38-23)9-12-37-22-6-4-3-5-19(22)25(33)29-17/h3-6,10-11,17-18,20-21,23,30H,7-9,12-16H2,1-2H3,(H,28,34)(H,29,33)/t17-,18+,20-,21+,23-/m1/s1. The zero-order valence-corrected chi connectivity index (χ0v) is 23.0. The number of carbonyl (C=O) groups is 2. The molecule has 3 N–H and O–H groups in total. The number of hydrogen-bond acceptors (Lipinski definition) is 8. The Morgan fingerprint density at radius 2 is 2.00 bits per heavy atom. The SMILES string of the molecule is Cn1ccnc1CN1C[C@H]2C[C@H]1C(=O)NC[C@H]1O[C@H](CCOc3ccccc3C(=O)N2)CC[C@H]1NS(C)(=O)=O. The van der Waals surface area contributed by atoms with Gasteiger partial charge in [-0.05, 0) is 31.4 Å². The summed E-state index contributed by atoms with van der Waals surface area (Å²) in [7, 11) is -1.56. The summed E-state index contributed by atoms with van der Waals surface area (Å²) in [5.41, 5.74) is 0.438. The molecule has 2 aromatic rings. The Kier molecular flexibility index (Phi) is 8.21. The van der Waals surface area contributed by atoms with E-state index in [4.69, 9.17) is 9.47 Å². The molecule has 212 valence electrons. The van der Waals surface area contributed by atoms with Crippen molar-refractivity contribution in [1.82, 2.24) is 29.8 Å². The molecule has 0 spiro atoms. The second-order valence-corrected chi connectivity index (χ2v) is 12.3. The van der Waals surface area contributed by atoms with Gasteiger partial charge in [-0.25, -0.2) is 18.1 Å². The van der Waals surface area contributed by atoms with Gasteiger partial charge in [0.2, 0.25) is 15.9 Å². The van der Waals surface area contributed by atoms with Crippen molar-refractivity contribution in [2.75, 3.05) is 26.0 Å². The summed E-state index contributed by atoms with van der Waals surface area (Å²) < 4.78 is 40.9. The molecule has 3 aliphatic heterocycles. The summed E-state index contributed by atoms with van der Waals surface area (Å²) in [6.07, 6.45) is 6.20. The van der Waals surface area contributed by atoms with Gasteiger partial charge in [-0.1, -0.05) is 12.1 Å². The van der Waals surface area contributed by atoms with E-state index >= 15 is 0 Å². The Morgan fingerprint density at radius 3 is 2.77 bits per heavy atom. The van der Waals surface area contributed by atoms with Gasteiger partial charge in [-0.15, -0.1) is 0 Å². The number of imidazole rings is 1. The third kappa shape index (κ3) is 6.78. The fraction of sp³-hybridized carbons (Fsp3) is 0.577. The van der Waals surface area contributed by atoms with Crippen LogP contribution in [0, 0.1) is 0 Å². The first-order valence-electron chi connectivity index (χ1n) is 13.3. The third-order valence-electron chi connectivity index (χ3n) is 7.59. The van der Waals surface area contributed by atoms with Gasteiger partial charge in [0.15, 0.2) is 0 Å². The van der Waals surface area contributed by atoms with Crippen molar-refractivity contribution in [3.63, 3.8) is 0 Å². The lowest BCUT2D eigenvalue weighted by molar-refractivity contribution is -0.127. The van der Waals surface area contributed by atoms with Crippen molar-refractivity contribution in [1.29, 1.82) is 0 Å². The number of para-hydroxylation sites is 1. The predicted molar refractivity (Wildman–Crippen MR) is 143 cm³/mol. The van der Waals surface area contributed by atoms with E-state index < -0.39 is 28.2 Å². The molecule has 1 aromatic carbocycles. The number of hydrogen-bond donors (Lipinski definition) is 3. The molecule has 0 saturated carbocycles. The molecule has 4 heterocycles. The molecule has 13 heteroatoms. The van der Waals surface area contributed by atoms with Crippen molar-refractivity contribution >= 4 is 21.8 Å². The van der Waals surface area contributed by atoms with Crippen LogP contribution < -0.4 is 20.1 Å². The van der Waals surface area contributed by atoms with Crippen LogP contribution in [0.4, 0.5) is 0 Å². The van der Waals surface area contributed by atoms with Crippen LogP contribution in [0.15, 0.2) is 36.7 Å². The summed E-state index contributed by atoms with van der Waals surface area (Å²) in [6, 6.07) is 5.90. The third-order valence-corrected chi connectivity index (χ3v) is 8.33.